The van der Waals surface area contributed by atoms with Crippen molar-refractivity contribution in [3.63, 3.8) is 0 Å². The zero-order valence-corrected chi connectivity index (χ0v) is 13.3. The summed E-state index contributed by atoms with van der Waals surface area (Å²) in [4.78, 5) is 34.2. The van der Waals surface area contributed by atoms with Crippen LogP contribution in [0.3, 0.4) is 0 Å². The molecule has 1 atom stereocenters. The fourth-order valence-corrected chi connectivity index (χ4v) is 2.21. The Balaban J connectivity index is 2.16. The lowest BCUT2D eigenvalue weighted by Gasteiger charge is -2.17. The molecule has 2 rings (SSSR count). The molecule has 130 valence electrons. The van der Waals surface area contributed by atoms with E-state index in [2.05, 4.69) is 10.1 Å². The lowest BCUT2D eigenvalue weighted by atomic mass is 10.0. The van der Waals surface area contributed by atoms with Crippen LogP contribution in [0.4, 0.5) is 10.1 Å². The number of carbonyl (C=O) groups is 2. The maximum Gasteiger partial charge on any atom is 0.328 e. The fourth-order valence-electron chi connectivity index (χ4n) is 2.21. The van der Waals surface area contributed by atoms with E-state index in [-0.39, 0.29) is 17.7 Å². The number of ether oxygens (including phenoxy) is 1. The van der Waals surface area contributed by atoms with Gasteiger partial charge in [0.2, 0.25) is 0 Å². The number of esters is 1. The van der Waals surface area contributed by atoms with Crippen LogP contribution in [0.1, 0.15) is 15.9 Å². The van der Waals surface area contributed by atoms with Crippen molar-refractivity contribution in [2.45, 2.75) is 12.5 Å². The summed E-state index contributed by atoms with van der Waals surface area (Å²) in [6, 6.07) is 9.86. The molecule has 0 saturated heterocycles. The summed E-state index contributed by atoms with van der Waals surface area (Å²) in [5.41, 5.74) is 0.295. The van der Waals surface area contributed by atoms with Crippen molar-refractivity contribution in [2.24, 2.45) is 0 Å². The van der Waals surface area contributed by atoms with Crippen molar-refractivity contribution in [3.05, 3.63) is 75.6 Å². The molecule has 1 N–H and O–H groups in total. The van der Waals surface area contributed by atoms with Gasteiger partial charge in [-0.3, -0.25) is 14.9 Å². The van der Waals surface area contributed by atoms with Crippen molar-refractivity contribution >= 4 is 17.6 Å². The monoisotopic (exact) mass is 346 g/mol. The Labute approximate surface area is 142 Å². The molecule has 0 aliphatic carbocycles. The Morgan fingerprint density at radius 3 is 2.40 bits per heavy atom. The highest BCUT2D eigenvalue weighted by Gasteiger charge is 2.24. The van der Waals surface area contributed by atoms with E-state index in [1.165, 1.54) is 49.6 Å². The standard InChI is InChI=1S/C17H15FN2O5/c1-25-17(22)15(10-11-6-8-12(9-7-11)20(23)24)19-16(21)13-4-2-3-5-14(13)18/h2-9,15H,10H2,1H3,(H,19,21)/t15-/m1/s1. The molecular formula is C17H15FN2O5. The summed E-state index contributed by atoms with van der Waals surface area (Å²) in [7, 11) is 1.17. The topological polar surface area (TPSA) is 98.5 Å². The van der Waals surface area contributed by atoms with E-state index < -0.39 is 28.7 Å². The van der Waals surface area contributed by atoms with Crippen LogP contribution < -0.4 is 5.32 Å². The molecular weight excluding hydrogens is 331 g/mol. The molecule has 0 aliphatic rings. The van der Waals surface area contributed by atoms with Gasteiger partial charge in [-0.1, -0.05) is 24.3 Å². The minimum atomic E-state index is -1.06. The van der Waals surface area contributed by atoms with Crippen molar-refractivity contribution in [2.75, 3.05) is 7.11 Å². The van der Waals surface area contributed by atoms with Gasteiger partial charge < -0.3 is 10.1 Å². The number of carbonyl (C=O) groups excluding carboxylic acids is 2. The Hall–Kier alpha value is -3.29. The zero-order chi connectivity index (χ0) is 18.4. The average molecular weight is 346 g/mol. The van der Waals surface area contributed by atoms with Crippen LogP contribution in [0, 0.1) is 15.9 Å². The number of methoxy groups -OCH3 is 1. The first kappa shape index (κ1) is 18.1. The molecule has 2 aromatic carbocycles. The largest absolute Gasteiger partial charge is 0.467 e. The fraction of sp³-hybridized carbons (Fsp3) is 0.176. The maximum atomic E-state index is 13.7. The Morgan fingerprint density at radius 2 is 1.84 bits per heavy atom. The number of nitro benzene ring substituents is 1. The van der Waals surface area contributed by atoms with Crippen molar-refractivity contribution in [1.82, 2.24) is 5.32 Å². The lowest BCUT2D eigenvalue weighted by molar-refractivity contribution is -0.384. The average Bonchev–Trinajstić information content (AvgIpc) is 2.61. The molecule has 2 aromatic rings. The molecule has 0 unspecified atom stereocenters. The van der Waals surface area contributed by atoms with Gasteiger partial charge >= 0.3 is 5.97 Å². The molecule has 0 saturated carbocycles. The molecule has 25 heavy (non-hydrogen) atoms. The number of hydrogen-bond donors (Lipinski definition) is 1. The van der Waals surface area contributed by atoms with Crippen LogP contribution in [-0.2, 0) is 16.0 Å². The summed E-state index contributed by atoms with van der Waals surface area (Å²) in [6.07, 6.45) is 0.0465. The van der Waals surface area contributed by atoms with Gasteiger partial charge in [-0.2, -0.15) is 0 Å². The lowest BCUT2D eigenvalue weighted by Crippen LogP contribution is -2.43. The number of non-ortho nitro benzene ring substituents is 1. The molecule has 0 bridgehead atoms. The first-order valence-electron chi connectivity index (χ1n) is 7.29. The van der Waals surface area contributed by atoms with Gasteiger partial charge in [0.15, 0.2) is 0 Å². The smallest absolute Gasteiger partial charge is 0.328 e. The van der Waals surface area contributed by atoms with Crippen LogP contribution in [0.15, 0.2) is 48.5 Å². The third-order valence-electron chi connectivity index (χ3n) is 3.50. The number of amides is 1. The van der Waals surface area contributed by atoms with Crippen LogP contribution in [0.25, 0.3) is 0 Å². The quantitative estimate of drug-likeness (QED) is 0.491. The second kappa shape index (κ2) is 8.00. The van der Waals surface area contributed by atoms with Gasteiger partial charge in [0.1, 0.15) is 11.9 Å². The van der Waals surface area contributed by atoms with Crippen molar-refractivity contribution in [1.29, 1.82) is 0 Å². The van der Waals surface area contributed by atoms with E-state index in [0.29, 0.717) is 5.56 Å². The van der Waals surface area contributed by atoms with E-state index in [4.69, 9.17) is 0 Å². The van der Waals surface area contributed by atoms with Crippen LogP contribution >= 0.6 is 0 Å². The van der Waals surface area contributed by atoms with Crippen molar-refractivity contribution in [3.8, 4) is 0 Å². The van der Waals surface area contributed by atoms with E-state index >= 15 is 0 Å². The maximum absolute atomic E-state index is 13.7. The molecule has 0 aliphatic heterocycles. The first-order chi connectivity index (χ1) is 11.9. The predicted molar refractivity (Wildman–Crippen MR) is 86.5 cm³/mol. The molecule has 0 radical (unpaired) electrons. The Kier molecular flexibility index (Phi) is 5.78. The minimum Gasteiger partial charge on any atom is -0.467 e. The van der Waals surface area contributed by atoms with Crippen LogP contribution in [0.2, 0.25) is 0 Å². The van der Waals surface area contributed by atoms with Gasteiger partial charge in [0.25, 0.3) is 11.6 Å². The third kappa shape index (κ3) is 4.60. The Bertz CT molecular complexity index is 792. The van der Waals surface area contributed by atoms with Crippen LogP contribution in [-0.4, -0.2) is 30.0 Å². The van der Waals surface area contributed by atoms with Crippen molar-refractivity contribution < 1.29 is 23.6 Å². The van der Waals surface area contributed by atoms with Gasteiger partial charge in [0.05, 0.1) is 17.6 Å². The van der Waals surface area contributed by atoms with E-state index in [1.54, 1.807) is 0 Å². The van der Waals surface area contributed by atoms with E-state index in [9.17, 15) is 24.1 Å². The normalized spacial score (nSPS) is 11.4. The van der Waals surface area contributed by atoms with Gasteiger partial charge in [-0.15, -0.1) is 0 Å². The van der Waals surface area contributed by atoms with E-state index in [1.807, 2.05) is 0 Å². The highest BCUT2D eigenvalue weighted by molar-refractivity contribution is 5.97. The number of nitrogens with one attached hydrogen (secondary N) is 1. The summed E-state index contributed by atoms with van der Waals surface area (Å²) in [6.45, 7) is 0. The SMILES string of the molecule is COC(=O)[C@@H](Cc1ccc([N+](=O)[O-])cc1)NC(=O)c1ccccc1F. The number of hydrogen-bond acceptors (Lipinski definition) is 5. The number of halogens is 1. The van der Waals surface area contributed by atoms with Gasteiger partial charge in [0, 0.05) is 18.6 Å². The number of rotatable bonds is 6. The molecule has 7 nitrogen and oxygen atoms in total. The summed E-state index contributed by atoms with van der Waals surface area (Å²) >= 11 is 0. The molecule has 0 aromatic heterocycles. The molecule has 0 spiro atoms. The molecule has 1 amide bonds. The summed E-state index contributed by atoms with van der Waals surface area (Å²) in [5.74, 6) is -2.17. The highest BCUT2D eigenvalue weighted by atomic mass is 19.1. The highest BCUT2D eigenvalue weighted by Crippen LogP contribution is 2.14. The predicted octanol–water partition coefficient (Wildman–Crippen LogP) is 2.25. The molecule has 0 heterocycles. The number of nitrogens with zero attached hydrogens (tertiary/aromatic N) is 1. The summed E-state index contributed by atoms with van der Waals surface area (Å²) < 4.78 is 18.3. The Morgan fingerprint density at radius 1 is 1.20 bits per heavy atom. The second-order valence-corrected chi connectivity index (χ2v) is 5.16. The number of benzene rings is 2. The van der Waals surface area contributed by atoms with Gasteiger partial charge in [-0.25, -0.2) is 9.18 Å². The molecule has 8 heteroatoms. The van der Waals surface area contributed by atoms with E-state index in [0.717, 1.165) is 6.07 Å². The third-order valence-corrected chi connectivity index (χ3v) is 3.50. The summed E-state index contributed by atoms with van der Waals surface area (Å²) in [5, 5.41) is 13.1. The first-order valence-corrected chi connectivity index (χ1v) is 7.29. The minimum absolute atomic E-state index is 0.0465. The number of nitro groups is 1. The molecule has 0 fully saturated rings. The van der Waals surface area contributed by atoms with Crippen LogP contribution in [0.5, 0.6) is 0 Å². The van der Waals surface area contributed by atoms with Gasteiger partial charge in [-0.05, 0) is 17.7 Å². The zero-order valence-electron chi connectivity index (χ0n) is 13.3. The second-order valence-electron chi connectivity index (χ2n) is 5.16.